The molecule has 2 unspecified atom stereocenters. The summed E-state index contributed by atoms with van der Waals surface area (Å²) in [6.07, 6.45) is 11.3. The number of hydrogen-bond donors (Lipinski definition) is 1. The van der Waals surface area contributed by atoms with Crippen LogP contribution in [0.15, 0.2) is 35.6 Å². The maximum atomic E-state index is 12.0. The summed E-state index contributed by atoms with van der Waals surface area (Å²) in [4.78, 5) is 12.0. The van der Waals surface area contributed by atoms with Gasteiger partial charge in [0.15, 0.2) is 5.78 Å². The van der Waals surface area contributed by atoms with E-state index in [4.69, 9.17) is 4.74 Å². The van der Waals surface area contributed by atoms with Gasteiger partial charge in [0, 0.05) is 29.1 Å². The van der Waals surface area contributed by atoms with Gasteiger partial charge in [0.1, 0.15) is 0 Å². The first-order valence-corrected chi connectivity index (χ1v) is 8.45. The Kier molecular flexibility index (Phi) is 5.63. The van der Waals surface area contributed by atoms with Crippen LogP contribution >= 0.6 is 0 Å². The van der Waals surface area contributed by atoms with E-state index in [-0.39, 0.29) is 11.7 Å². The number of carbonyl (C=O) groups is 1. The highest BCUT2D eigenvalue weighted by atomic mass is 16.5. The summed E-state index contributed by atoms with van der Waals surface area (Å²) >= 11 is 0. The van der Waals surface area contributed by atoms with Gasteiger partial charge in [0.2, 0.25) is 0 Å². The monoisotopic (exact) mass is 303 g/mol. The van der Waals surface area contributed by atoms with E-state index >= 15 is 0 Å². The van der Waals surface area contributed by atoms with Gasteiger partial charge >= 0.3 is 0 Å². The van der Waals surface area contributed by atoms with Gasteiger partial charge in [-0.2, -0.15) is 0 Å². The van der Waals surface area contributed by atoms with E-state index < -0.39 is 0 Å². The van der Waals surface area contributed by atoms with E-state index in [9.17, 15) is 4.79 Å². The summed E-state index contributed by atoms with van der Waals surface area (Å²) in [5.41, 5.74) is 2.19. The van der Waals surface area contributed by atoms with Crippen LogP contribution in [-0.2, 0) is 9.53 Å². The van der Waals surface area contributed by atoms with Gasteiger partial charge in [-0.15, -0.1) is 0 Å². The quantitative estimate of drug-likeness (QED) is 0.727. The topological polar surface area (TPSA) is 38.3 Å². The lowest BCUT2D eigenvalue weighted by Crippen LogP contribution is -2.47. The average Bonchev–Trinajstić information content (AvgIpc) is 2.46. The maximum absolute atomic E-state index is 12.0. The van der Waals surface area contributed by atoms with Crippen LogP contribution in [0, 0.1) is 11.3 Å². The minimum absolute atomic E-state index is 0.121. The third-order valence-electron chi connectivity index (χ3n) is 4.97. The van der Waals surface area contributed by atoms with Crippen LogP contribution in [0.4, 0.5) is 0 Å². The van der Waals surface area contributed by atoms with Crippen LogP contribution in [0.2, 0.25) is 0 Å². The molecule has 1 saturated heterocycles. The molecule has 0 saturated carbocycles. The molecule has 2 rings (SSSR count). The minimum Gasteiger partial charge on any atom is -0.385 e. The lowest BCUT2D eigenvalue weighted by Gasteiger charge is -2.43. The molecule has 0 bridgehead atoms. The Balaban J connectivity index is 2.08. The largest absolute Gasteiger partial charge is 0.385 e. The molecule has 0 aromatic heterocycles. The molecule has 122 valence electrons. The van der Waals surface area contributed by atoms with Gasteiger partial charge in [0.05, 0.1) is 13.2 Å². The summed E-state index contributed by atoms with van der Waals surface area (Å²) in [6.45, 7) is 10.1. The molecule has 1 aliphatic heterocycles. The Bertz CT molecular complexity index is 492. The molecule has 1 aliphatic carbocycles. The molecule has 0 aromatic rings. The van der Waals surface area contributed by atoms with Crippen molar-refractivity contribution in [1.29, 1.82) is 0 Å². The second kappa shape index (κ2) is 7.28. The van der Waals surface area contributed by atoms with Crippen LogP contribution in [0.5, 0.6) is 0 Å². The number of carbonyl (C=O) groups excluding carboxylic acids is 1. The van der Waals surface area contributed by atoms with Crippen LogP contribution in [0.25, 0.3) is 0 Å². The summed E-state index contributed by atoms with van der Waals surface area (Å²) in [6, 6.07) is 0.391. The SMILES string of the molecule is CC=CC1C=C(C)C(=O)C=C1NC(CC)CC1(CC)COC1. The van der Waals surface area contributed by atoms with Gasteiger partial charge in [-0.25, -0.2) is 0 Å². The van der Waals surface area contributed by atoms with Crippen molar-refractivity contribution >= 4 is 5.78 Å². The summed E-state index contributed by atoms with van der Waals surface area (Å²) in [5, 5.41) is 3.64. The lowest BCUT2D eigenvalue weighted by molar-refractivity contribution is -0.123. The average molecular weight is 303 g/mol. The first kappa shape index (κ1) is 17.0. The number of allylic oxidation sites excluding steroid dienone is 4. The fourth-order valence-corrected chi connectivity index (χ4v) is 3.21. The van der Waals surface area contributed by atoms with Crippen molar-refractivity contribution in [1.82, 2.24) is 5.32 Å². The third-order valence-corrected chi connectivity index (χ3v) is 4.97. The zero-order valence-corrected chi connectivity index (χ0v) is 14.3. The molecule has 2 aliphatic rings. The zero-order chi connectivity index (χ0) is 16.2. The van der Waals surface area contributed by atoms with E-state index in [1.165, 1.54) is 0 Å². The Labute approximate surface area is 134 Å². The van der Waals surface area contributed by atoms with E-state index in [1.807, 2.05) is 19.9 Å². The normalized spacial score (nSPS) is 25.5. The number of ether oxygens (including phenoxy) is 1. The highest BCUT2D eigenvalue weighted by Gasteiger charge is 2.38. The van der Waals surface area contributed by atoms with Gasteiger partial charge in [-0.1, -0.05) is 32.1 Å². The van der Waals surface area contributed by atoms with Gasteiger partial charge in [0.25, 0.3) is 0 Å². The van der Waals surface area contributed by atoms with Crippen molar-refractivity contribution in [2.24, 2.45) is 11.3 Å². The predicted octanol–water partition coefficient (Wildman–Crippen LogP) is 3.78. The predicted molar refractivity (Wildman–Crippen MR) is 90.5 cm³/mol. The van der Waals surface area contributed by atoms with Crippen LogP contribution in [-0.4, -0.2) is 25.0 Å². The summed E-state index contributed by atoms with van der Waals surface area (Å²) < 4.78 is 5.44. The molecule has 2 atom stereocenters. The summed E-state index contributed by atoms with van der Waals surface area (Å²) in [5.74, 6) is 0.308. The molecule has 22 heavy (non-hydrogen) atoms. The molecular weight excluding hydrogens is 274 g/mol. The molecule has 3 heteroatoms. The maximum Gasteiger partial charge on any atom is 0.182 e. The van der Waals surface area contributed by atoms with Crippen molar-refractivity contribution in [2.45, 2.75) is 53.0 Å². The molecule has 0 amide bonds. The molecule has 0 aromatic carbocycles. The van der Waals surface area contributed by atoms with Crippen molar-refractivity contribution < 1.29 is 9.53 Å². The van der Waals surface area contributed by atoms with Crippen molar-refractivity contribution in [3.05, 3.63) is 35.6 Å². The standard InChI is InChI=1S/C19H29NO2/c1-5-8-15-9-14(4)18(21)10-17(15)20-16(6-2)11-19(7-3)12-22-13-19/h5,8-10,15-16,20H,6-7,11-13H2,1-4H3. The third kappa shape index (κ3) is 3.70. The molecular formula is C19H29NO2. The van der Waals surface area contributed by atoms with Crippen molar-refractivity contribution in [2.75, 3.05) is 13.2 Å². The Morgan fingerprint density at radius 1 is 1.45 bits per heavy atom. The van der Waals surface area contributed by atoms with E-state index in [0.29, 0.717) is 11.5 Å². The fourth-order valence-electron chi connectivity index (χ4n) is 3.21. The molecule has 1 fully saturated rings. The molecule has 1 N–H and O–H groups in total. The fraction of sp³-hybridized carbons (Fsp3) is 0.632. The van der Waals surface area contributed by atoms with E-state index in [0.717, 1.165) is 43.7 Å². The van der Waals surface area contributed by atoms with Crippen LogP contribution < -0.4 is 5.32 Å². The van der Waals surface area contributed by atoms with E-state index in [2.05, 4.69) is 31.3 Å². The smallest absolute Gasteiger partial charge is 0.182 e. The van der Waals surface area contributed by atoms with Gasteiger partial charge < -0.3 is 10.1 Å². The lowest BCUT2D eigenvalue weighted by atomic mass is 9.76. The van der Waals surface area contributed by atoms with Crippen LogP contribution in [0.1, 0.15) is 47.0 Å². The first-order chi connectivity index (χ1) is 10.5. The second-order valence-electron chi connectivity index (χ2n) is 6.67. The Morgan fingerprint density at radius 3 is 2.68 bits per heavy atom. The Morgan fingerprint density at radius 2 is 2.18 bits per heavy atom. The summed E-state index contributed by atoms with van der Waals surface area (Å²) in [7, 11) is 0. The van der Waals surface area contributed by atoms with Crippen LogP contribution in [0.3, 0.4) is 0 Å². The van der Waals surface area contributed by atoms with Gasteiger partial charge in [-0.3, -0.25) is 4.79 Å². The minimum atomic E-state index is 0.121. The molecule has 0 spiro atoms. The van der Waals surface area contributed by atoms with E-state index in [1.54, 1.807) is 6.08 Å². The number of ketones is 1. The second-order valence-corrected chi connectivity index (χ2v) is 6.67. The molecule has 3 nitrogen and oxygen atoms in total. The van der Waals surface area contributed by atoms with Gasteiger partial charge in [-0.05, 0) is 38.7 Å². The highest BCUT2D eigenvalue weighted by molar-refractivity contribution is 6.05. The molecule has 0 radical (unpaired) electrons. The molecule has 1 heterocycles. The number of hydrogen-bond acceptors (Lipinski definition) is 3. The van der Waals surface area contributed by atoms with Crippen molar-refractivity contribution in [3.8, 4) is 0 Å². The zero-order valence-electron chi connectivity index (χ0n) is 14.3. The number of rotatable bonds is 7. The number of nitrogens with one attached hydrogen (secondary N) is 1. The highest BCUT2D eigenvalue weighted by Crippen LogP contribution is 2.37. The Hall–Kier alpha value is -1.35. The first-order valence-electron chi connectivity index (χ1n) is 8.45. The van der Waals surface area contributed by atoms with Crippen molar-refractivity contribution in [3.63, 3.8) is 0 Å².